The average molecular weight is 233 g/mol. The molecule has 0 saturated heterocycles. The molecule has 17 heavy (non-hydrogen) atoms. The van der Waals surface area contributed by atoms with E-state index in [1.807, 2.05) is 0 Å². The zero-order valence-electron chi connectivity index (χ0n) is 9.27. The van der Waals surface area contributed by atoms with Crippen LogP contribution in [0.2, 0.25) is 0 Å². The number of hydrogen-bond acceptors (Lipinski definition) is 4. The summed E-state index contributed by atoms with van der Waals surface area (Å²) in [4.78, 5) is 25.4. The Morgan fingerprint density at radius 2 is 2.24 bits per heavy atom. The molecule has 0 fully saturated rings. The Balaban J connectivity index is 2.69. The van der Waals surface area contributed by atoms with Crippen LogP contribution in [-0.4, -0.2) is 28.6 Å². The van der Waals surface area contributed by atoms with Crippen molar-refractivity contribution in [2.45, 2.75) is 13.3 Å². The van der Waals surface area contributed by atoms with Gasteiger partial charge in [-0.25, -0.2) is 4.79 Å². The van der Waals surface area contributed by atoms with Crippen LogP contribution >= 0.6 is 0 Å². The fourth-order valence-electron chi connectivity index (χ4n) is 1.06. The van der Waals surface area contributed by atoms with Crippen molar-refractivity contribution >= 4 is 11.9 Å². The van der Waals surface area contributed by atoms with Crippen molar-refractivity contribution in [3.05, 3.63) is 29.6 Å². The number of nitrogens with zero attached hydrogens (tertiary/aromatic N) is 1. The van der Waals surface area contributed by atoms with E-state index in [9.17, 15) is 9.59 Å². The van der Waals surface area contributed by atoms with Crippen LogP contribution in [0.4, 0.5) is 0 Å². The Morgan fingerprint density at radius 1 is 1.47 bits per heavy atom. The molecule has 0 aliphatic heterocycles. The third-order valence-electron chi connectivity index (χ3n) is 1.76. The van der Waals surface area contributed by atoms with Crippen LogP contribution in [0.5, 0.6) is 0 Å². The Kier molecular flexibility index (Phi) is 4.70. The smallest absolute Gasteiger partial charge is 0.337 e. The number of carbonyl (C=O) groups is 2. The van der Waals surface area contributed by atoms with Crippen LogP contribution in [0, 0.1) is 11.8 Å². The molecule has 0 aliphatic rings. The van der Waals surface area contributed by atoms with Gasteiger partial charge in [-0.2, -0.15) is 0 Å². The second kappa shape index (κ2) is 6.28. The molecule has 0 amide bonds. The van der Waals surface area contributed by atoms with E-state index in [4.69, 9.17) is 9.84 Å². The van der Waals surface area contributed by atoms with E-state index in [1.54, 1.807) is 6.92 Å². The van der Waals surface area contributed by atoms with E-state index in [-0.39, 0.29) is 12.0 Å². The number of aromatic carboxylic acids is 1. The first-order valence-electron chi connectivity index (χ1n) is 4.96. The van der Waals surface area contributed by atoms with Gasteiger partial charge in [-0.15, -0.1) is 0 Å². The molecule has 0 saturated carbocycles. The van der Waals surface area contributed by atoms with E-state index in [0.29, 0.717) is 12.2 Å². The van der Waals surface area contributed by atoms with Gasteiger partial charge in [0.05, 0.1) is 12.2 Å². The highest BCUT2D eigenvalue weighted by Gasteiger charge is 2.02. The first kappa shape index (κ1) is 12.7. The summed E-state index contributed by atoms with van der Waals surface area (Å²) < 4.78 is 4.69. The molecule has 1 N–H and O–H groups in total. The normalized spacial score (nSPS) is 9.00. The first-order chi connectivity index (χ1) is 8.13. The molecule has 1 aromatic rings. The van der Waals surface area contributed by atoms with E-state index in [0.717, 1.165) is 0 Å². The number of aromatic nitrogens is 1. The predicted molar refractivity (Wildman–Crippen MR) is 59.3 cm³/mol. The van der Waals surface area contributed by atoms with Crippen LogP contribution in [0.15, 0.2) is 18.5 Å². The Bertz CT molecular complexity index is 485. The number of carboxylic acids is 1. The minimum absolute atomic E-state index is 0.0227. The first-order valence-corrected chi connectivity index (χ1v) is 4.96. The molecule has 0 aromatic carbocycles. The summed E-state index contributed by atoms with van der Waals surface area (Å²) in [5.41, 5.74) is 0.516. The summed E-state index contributed by atoms with van der Waals surface area (Å²) in [6.45, 7) is 2.03. The van der Waals surface area contributed by atoms with Gasteiger partial charge in [0.15, 0.2) is 0 Å². The maximum atomic E-state index is 11.0. The second-order valence-corrected chi connectivity index (χ2v) is 3.05. The number of esters is 1. The molecule has 5 nitrogen and oxygen atoms in total. The van der Waals surface area contributed by atoms with Gasteiger partial charge in [-0.3, -0.25) is 9.78 Å². The summed E-state index contributed by atoms with van der Waals surface area (Å²) in [7, 11) is 0. The fraction of sp³-hybridized carbons (Fsp3) is 0.250. The second-order valence-electron chi connectivity index (χ2n) is 3.05. The minimum atomic E-state index is -1.06. The Labute approximate surface area is 98.4 Å². The number of carboxylic acid groups (broad SMARTS) is 1. The molecule has 0 aliphatic carbocycles. The molecular weight excluding hydrogens is 222 g/mol. The van der Waals surface area contributed by atoms with Gasteiger partial charge in [0.2, 0.25) is 0 Å². The third-order valence-corrected chi connectivity index (χ3v) is 1.76. The van der Waals surface area contributed by atoms with Crippen LogP contribution in [0.3, 0.4) is 0 Å². The largest absolute Gasteiger partial charge is 0.478 e. The SMILES string of the molecule is CCOC(=O)CC#Cc1cncc(C(=O)O)c1. The third kappa shape index (κ3) is 4.34. The van der Waals surface area contributed by atoms with Gasteiger partial charge in [0.1, 0.15) is 6.42 Å². The molecule has 0 spiro atoms. The fourth-order valence-corrected chi connectivity index (χ4v) is 1.06. The highest BCUT2D eigenvalue weighted by Crippen LogP contribution is 2.01. The van der Waals surface area contributed by atoms with E-state index >= 15 is 0 Å². The minimum Gasteiger partial charge on any atom is -0.478 e. The lowest BCUT2D eigenvalue weighted by Crippen LogP contribution is -2.01. The van der Waals surface area contributed by atoms with Crippen LogP contribution in [0.25, 0.3) is 0 Å². The lowest BCUT2D eigenvalue weighted by molar-refractivity contribution is -0.141. The number of hydrogen-bond donors (Lipinski definition) is 1. The monoisotopic (exact) mass is 233 g/mol. The van der Waals surface area contributed by atoms with Crippen molar-refractivity contribution in [3.63, 3.8) is 0 Å². The lowest BCUT2D eigenvalue weighted by Gasteiger charge is -1.95. The van der Waals surface area contributed by atoms with Gasteiger partial charge in [-0.05, 0) is 13.0 Å². The summed E-state index contributed by atoms with van der Waals surface area (Å²) in [5, 5.41) is 8.73. The predicted octanol–water partition coefficient (Wildman–Crippen LogP) is 1.08. The van der Waals surface area contributed by atoms with Crippen molar-refractivity contribution in [1.29, 1.82) is 0 Å². The topological polar surface area (TPSA) is 76.5 Å². The van der Waals surface area contributed by atoms with Gasteiger partial charge in [-0.1, -0.05) is 11.8 Å². The summed E-state index contributed by atoms with van der Waals surface area (Å²) in [6, 6.07) is 1.40. The molecular formula is C12H11NO4. The molecule has 88 valence electrons. The number of ether oxygens (including phenoxy) is 1. The van der Waals surface area contributed by atoms with Crippen molar-refractivity contribution < 1.29 is 19.4 Å². The zero-order chi connectivity index (χ0) is 12.7. The number of pyridine rings is 1. The van der Waals surface area contributed by atoms with E-state index in [1.165, 1.54) is 18.5 Å². The molecule has 0 radical (unpaired) electrons. The highest BCUT2D eigenvalue weighted by atomic mass is 16.5. The summed E-state index contributed by atoms with van der Waals surface area (Å²) >= 11 is 0. The quantitative estimate of drug-likeness (QED) is 0.624. The maximum Gasteiger partial charge on any atom is 0.337 e. The van der Waals surface area contributed by atoms with E-state index in [2.05, 4.69) is 16.8 Å². The maximum absolute atomic E-state index is 11.0. The van der Waals surface area contributed by atoms with Gasteiger partial charge in [0.25, 0.3) is 0 Å². The zero-order valence-corrected chi connectivity index (χ0v) is 9.27. The average Bonchev–Trinajstić information content (AvgIpc) is 2.30. The van der Waals surface area contributed by atoms with Crippen LogP contribution in [-0.2, 0) is 9.53 Å². The number of carbonyl (C=O) groups excluding carboxylic acids is 1. The molecule has 1 aromatic heterocycles. The Morgan fingerprint density at radius 3 is 2.88 bits per heavy atom. The van der Waals surface area contributed by atoms with Gasteiger partial charge < -0.3 is 9.84 Å². The highest BCUT2D eigenvalue weighted by molar-refractivity contribution is 5.87. The van der Waals surface area contributed by atoms with Gasteiger partial charge >= 0.3 is 11.9 Å². The van der Waals surface area contributed by atoms with E-state index < -0.39 is 11.9 Å². The molecule has 5 heteroatoms. The van der Waals surface area contributed by atoms with Crippen molar-refractivity contribution in [3.8, 4) is 11.8 Å². The Hall–Kier alpha value is -2.35. The van der Waals surface area contributed by atoms with Crippen molar-refractivity contribution in [1.82, 2.24) is 4.98 Å². The van der Waals surface area contributed by atoms with Crippen LogP contribution < -0.4 is 0 Å². The molecule has 1 rings (SSSR count). The molecule has 0 atom stereocenters. The number of rotatable bonds is 3. The van der Waals surface area contributed by atoms with Crippen molar-refractivity contribution in [2.24, 2.45) is 0 Å². The van der Waals surface area contributed by atoms with Crippen molar-refractivity contribution in [2.75, 3.05) is 6.61 Å². The summed E-state index contributed by atoms with van der Waals surface area (Å²) in [6.07, 6.45) is 2.65. The van der Waals surface area contributed by atoms with Gasteiger partial charge in [0, 0.05) is 18.0 Å². The molecule has 0 unspecified atom stereocenters. The van der Waals surface area contributed by atoms with Crippen LogP contribution in [0.1, 0.15) is 29.3 Å². The molecule has 1 heterocycles. The summed E-state index contributed by atoms with van der Waals surface area (Å²) in [5.74, 6) is 3.78. The molecule has 0 bridgehead atoms. The standard InChI is InChI=1S/C12H11NO4/c1-2-17-11(14)5-3-4-9-6-10(12(15)16)8-13-7-9/h6-8H,2,5H2,1H3,(H,15,16). The lowest BCUT2D eigenvalue weighted by atomic mass is 10.2.